The molecule has 258 valence electrons. The molecule has 0 unspecified atom stereocenters. The molecule has 1 saturated heterocycles. The van der Waals surface area contributed by atoms with Crippen LogP contribution in [-0.4, -0.2) is 101 Å². The van der Waals surface area contributed by atoms with E-state index in [-0.39, 0.29) is 17.9 Å². The molecular weight excluding hydrogens is 651 g/mol. The maximum absolute atomic E-state index is 13.8. The van der Waals surface area contributed by atoms with Crippen LogP contribution in [0.15, 0.2) is 73.2 Å². The van der Waals surface area contributed by atoms with E-state index in [4.69, 9.17) is 4.74 Å². The average molecular weight is 692 g/mol. The van der Waals surface area contributed by atoms with Crippen molar-refractivity contribution in [1.29, 1.82) is 0 Å². The number of ether oxygens (including phenoxy) is 1. The SMILES string of the molecule is CS[C@@]1(C(=O)Nc2ccc3[nH]nc(-c4ccnc(OC(C)C)c4)c3c2)CCN(CC(=O)N2CC=C(c3ccc(-c4ncn(C)n4)cc3)CC2)C1. The van der Waals surface area contributed by atoms with Crippen LogP contribution in [0.4, 0.5) is 5.69 Å². The van der Waals surface area contributed by atoms with E-state index >= 15 is 0 Å². The quantitative estimate of drug-likeness (QED) is 0.201. The molecule has 1 fully saturated rings. The van der Waals surface area contributed by atoms with Gasteiger partial charge in [-0.15, -0.1) is 11.8 Å². The highest BCUT2D eigenvalue weighted by atomic mass is 32.2. The summed E-state index contributed by atoms with van der Waals surface area (Å²) in [6, 6.07) is 17.8. The highest BCUT2D eigenvalue weighted by molar-refractivity contribution is 8.00. The predicted molar refractivity (Wildman–Crippen MR) is 197 cm³/mol. The number of carbonyl (C=O) groups is 2. The molecule has 0 saturated carbocycles. The van der Waals surface area contributed by atoms with Crippen LogP contribution >= 0.6 is 11.8 Å². The van der Waals surface area contributed by atoms with Gasteiger partial charge in [-0.1, -0.05) is 30.3 Å². The number of thioether (sulfide) groups is 1. The zero-order chi connectivity index (χ0) is 34.8. The number of amides is 2. The number of aryl methyl sites for hydroxylation is 1. The molecule has 2 amide bonds. The zero-order valence-corrected chi connectivity index (χ0v) is 29.5. The molecule has 7 rings (SSSR count). The van der Waals surface area contributed by atoms with Crippen molar-refractivity contribution in [2.75, 3.05) is 44.3 Å². The summed E-state index contributed by atoms with van der Waals surface area (Å²) in [6.45, 7) is 6.64. The Labute approximate surface area is 295 Å². The number of nitrogens with zero attached hydrogens (tertiary/aromatic N) is 7. The van der Waals surface area contributed by atoms with E-state index < -0.39 is 4.75 Å². The third kappa shape index (κ3) is 7.01. The Morgan fingerprint density at radius 2 is 1.86 bits per heavy atom. The first-order chi connectivity index (χ1) is 24.2. The lowest BCUT2D eigenvalue weighted by atomic mass is 9.98. The lowest BCUT2D eigenvalue weighted by molar-refractivity contribution is -0.132. The highest BCUT2D eigenvalue weighted by Crippen LogP contribution is 2.36. The van der Waals surface area contributed by atoms with E-state index in [1.807, 2.05) is 74.5 Å². The van der Waals surface area contributed by atoms with Crippen molar-refractivity contribution in [1.82, 2.24) is 39.7 Å². The number of aromatic amines is 1. The van der Waals surface area contributed by atoms with E-state index in [9.17, 15) is 9.59 Å². The molecule has 2 N–H and O–H groups in total. The van der Waals surface area contributed by atoms with Gasteiger partial charge in [0, 0.05) is 67.7 Å². The molecule has 50 heavy (non-hydrogen) atoms. The van der Waals surface area contributed by atoms with Crippen LogP contribution in [-0.2, 0) is 16.6 Å². The second kappa shape index (κ2) is 14.1. The first-order valence-electron chi connectivity index (χ1n) is 16.8. The Morgan fingerprint density at radius 3 is 2.58 bits per heavy atom. The zero-order valence-electron chi connectivity index (χ0n) is 28.7. The van der Waals surface area contributed by atoms with Crippen molar-refractivity contribution in [3.05, 3.63) is 78.8 Å². The standard InChI is InChI=1S/C37H41N9O3S/c1-24(2)49-32-19-28(11-15-38-32)34-30-20-29(9-10-31(30)41-42-34)40-36(48)37(50-4)14-18-45(22-37)21-33(47)46-16-12-26(13-17-46)25-5-7-27(8-6-25)35-39-23-44(3)43-35/h5-12,15,19-20,23-24H,13-14,16-18,21-22H2,1-4H3,(H,40,48)(H,41,42)/t37-/m0/s1. The minimum Gasteiger partial charge on any atom is -0.475 e. The fourth-order valence-corrected chi connectivity index (χ4v) is 7.45. The monoisotopic (exact) mass is 691 g/mol. The summed E-state index contributed by atoms with van der Waals surface area (Å²) in [5.74, 6) is 1.27. The topological polar surface area (TPSA) is 134 Å². The predicted octanol–water partition coefficient (Wildman–Crippen LogP) is 5.27. The van der Waals surface area contributed by atoms with E-state index in [2.05, 4.69) is 53.7 Å². The molecule has 1 atom stereocenters. The molecular formula is C37H41N9O3S. The van der Waals surface area contributed by atoms with Crippen LogP contribution in [0.3, 0.4) is 0 Å². The third-order valence-corrected chi connectivity index (χ3v) is 10.6. The number of carbonyl (C=O) groups excluding carboxylic acids is 2. The number of pyridine rings is 1. The third-order valence-electron chi connectivity index (χ3n) is 9.34. The fourth-order valence-electron chi connectivity index (χ4n) is 6.61. The van der Waals surface area contributed by atoms with Crippen LogP contribution in [0.25, 0.3) is 39.1 Å². The molecule has 5 heterocycles. The maximum Gasteiger partial charge on any atom is 0.241 e. The first kappa shape index (κ1) is 33.5. The van der Waals surface area contributed by atoms with Gasteiger partial charge in [-0.25, -0.2) is 9.97 Å². The summed E-state index contributed by atoms with van der Waals surface area (Å²) in [5, 5.41) is 16.1. The molecule has 13 heteroatoms. The molecule has 0 spiro atoms. The Kier molecular flexibility index (Phi) is 9.43. The molecule has 0 aliphatic carbocycles. The van der Waals surface area contributed by atoms with Gasteiger partial charge in [0.1, 0.15) is 16.8 Å². The Morgan fingerprint density at radius 1 is 1.04 bits per heavy atom. The number of rotatable bonds is 10. The second-order valence-corrected chi connectivity index (χ2v) is 14.3. The van der Waals surface area contributed by atoms with Gasteiger partial charge in [0.2, 0.25) is 17.7 Å². The van der Waals surface area contributed by atoms with E-state index in [0.29, 0.717) is 56.5 Å². The number of benzene rings is 2. The van der Waals surface area contributed by atoms with Gasteiger partial charge in [-0.2, -0.15) is 10.2 Å². The molecule has 3 aromatic heterocycles. The van der Waals surface area contributed by atoms with Crippen molar-refractivity contribution in [2.45, 2.75) is 37.5 Å². The average Bonchev–Trinajstić information content (AvgIpc) is 3.87. The normalized spacial score (nSPS) is 18.1. The van der Waals surface area contributed by atoms with Crippen LogP contribution in [0.2, 0.25) is 0 Å². The molecule has 12 nitrogen and oxygen atoms in total. The summed E-state index contributed by atoms with van der Waals surface area (Å²) in [4.78, 5) is 39.9. The highest BCUT2D eigenvalue weighted by Gasteiger charge is 2.44. The van der Waals surface area contributed by atoms with Crippen LogP contribution < -0.4 is 10.1 Å². The van der Waals surface area contributed by atoms with Crippen LogP contribution in [0, 0.1) is 0 Å². The van der Waals surface area contributed by atoms with Crippen LogP contribution in [0.1, 0.15) is 32.3 Å². The molecule has 2 aromatic carbocycles. The smallest absolute Gasteiger partial charge is 0.241 e. The van der Waals surface area contributed by atoms with E-state index in [1.165, 1.54) is 5.57 Å². The Balaban J connectivity index is 0.963. The molecule has 2 aliphatic heterocycles. The summed E-state index contributed by atoms with van der Waals surface area (Å²) < 4.78 is 6.82. The van der Waals surface area contributed by atoms with Gasteiger partial charge in [-0.3, -0.25) is 24.3 Å². The number of anilines is 1. The van der Waals surface area contributed by atoms with Crippen molar-refractivity contribution in [3.63, 3.8) is 0 Å². The van der Waals surface area contributed by atoms with Gasteiger partial charge >= 0.3 is 0 Å². The molecule has 0 bridgehead atoms. The number of aromatic nitrogens is 6. The number of hydrogen-bond acceptors (Lipinski definition) is 9. The van der Waals surface area contributed by atoms with Crippen molar-refractivity contribution in [2.24, 2.45) is 7.05 Å². The minimum atomic E-state index is -0.658. The van der Waals surface area contributed by atoms with Crippen molar-refractivity contribution in [3.8, 4) is 28.5 Å². The number of hydrogen-bond donors (Lipinski definition) is 2. The number of H-pyrrole nitrogens is 1. The van der Waals surface area contributed by atoms with Gasteiger partial charge in [0.15, 0.2) is 5.82 Å². The molecule has 2 aliphatic rings. The van der Waals surface area contributed by atoms with Gasteiger partial charge in [0.05, 0.1) is 18.2 Å². The van der Waals surface area contributed by atoms with Gasteiger partial charge in [0.25, 0.3) is 0 Å². The first-order valence-corrected chi connectivity index (χ1v) is 18.1. The van der Waals surface area contributed by atoms with Gasteiger partial charge < -0.3 is 15.0 Å². The summed E-state index contributed by atoms with van der Waals surface area (Å²) in [6.07, 6.45) is 8.98. The fraction of sp³-hybridized carbons (Fsp3) is 0.351. The second-order valence-electron chi connectivity index (χ2n) is 13.1. The number of likely N-dealkylation sites (tertiary alicyclic amines) is 1. The Hall–Kier alpha value is -5.01. The lowest BCUT2D eigenvalue weighted by Crippen LogP contribution is -2.45. The van der Waals surface area contributed by atoms with Gasteiger partial charge in [-0.05, 0) is 68.3 Å². The summed E-state index contributed by atoms with van der Waals surface area (Å²) >= 11 is 1.55. The molecule has 0 radical (unpaired) electrons. The van der Waals surface area contributed by atoms with Crippen molar-refractivity contribution < 1.29 is 14.3 Å². The maximum atomic E-state index is 13.8. The largest absolute Gasteiger partial charge is 0.475 e. The van der Waals surface area contributed by atoms with E-state index in [0.717, 1.165) is 39.7 Å². The summed E-state index contributed by atoms with van der Waals surface area (Å²) in [7, 11) is 1.86. The van der Waals surface area contributed by atoms with Crippen molar-refractivity contribution >= 4 is 45.7 Å². The van der Waals surface area contributed by atoms with Crippen LogP contribution in [0.5, 0.6) is 5.88 Å². The van der Waals surface area contributed by atoms with E-state index in [1.54, 1.807) is 29.0 Å². The minimum absolute atomic E-state index is 0.00534. The Bertz CT molecular complexity index is 2050. The number of fused-ring (bicyclic) bond motifs is 1. The lowest BCUT2D eigenvalue weighted by Gasteiger charge is -2.29. The summed E-state index contributed by atoms with van der Waals surface area (Å²) in [5.41, 5.74) is 6.55. The molecule has 5 aromatic rings. The number of nitrogens with one attached hydrogen (secondary N) is 2.